The van der Waals surface area contributed by atoms with Crippen molar-refractivity contribution in [1.82, 2.24) is 10.2 Å². The highest BCUT2D eigenvalue weighted by Crippen LogP contribution is 2.30. The van der Waals surface area contributed by atoms with Crippen LogP contribution in [0.5, 0.6) is 5.75 Å². The molecule has 0 bridgehead atoms. The Hall–Kier alpha value is -2.10. The molecule has 0 fully saturated rings. The third-order valence-electron chi connectivity index (χ3n) is 2.57. The van der Waals surface area contributed by atoms with Crippen LogP contribution in [-0.2, 0) is 0 Å². The lowest BCUT2D eigenvalue weighted by atomic mass is 10.0. The Kier molecular flexibility index (Phi) is 2.96. The Morgan fingerprint density at radius 2 is 2.06 bits per heavy atom. The van der Waals surface area contributed by atoms with E-state index in [2.05, 4.69) is 16.8 Å². The highest BCUT2D eigenvalue weighted by Gasteiger charge is 2.08. The average molecular weight is 222 g/mol. The summed E-state index contributed by atoms with van der Waals surface area (Å²) in [4.78, 5) is 0. The number of benzene rings is 1. The quantitative estimate of drug-likeness (QED) is 0.785. The molecule has 0 saturated carbocycles. The van der Waals surface area contributed by atoms with Crippen LogP contribution in [0.2, 0.25) is 0 Å². The van der Waals surface area contributed by atoms with Crippen molar-refractivity contribution >= 4 is 19.5 Å². The molecular formula is C13H11BN2O. The van der Waals surface area contributed by atoms with Gasteiger partial charge in [-0.2, -0.15) is 10.2 Å². The predicted molar refractivity (Wildman–Crippen MR) is 69.3 cm³/mol. The lowest BCUT2D eigenvalue weighted by Gasteiger charge is -2.08. The van der Waals surface area contributed by atoms with Gasteiger partial charge in [0.2, 0.25) is 0 Å². The molecule has 3 nitrogen and oxygen atoms in total. The van der Waals surface area contributed by atoms with E-state index >= 15 is 0 Å². The molecule has 0 amide bonds. The molecule has 0 atom stereocenters. The topological polar surface area (TPSA) is 46.0 Å². The maximum atomic E-state index is 9.92. The fraction of sp³-hybridized carbons (Fsp3) is 0.0769. The van der Waals surface area contributed by atoms with Gasteiger partial charge in [-0.05, 0) is 42.3 Å². The predicted octanol–water partition coefficient (Wildman–Crippen LogP) is 1.59. The summed E-state index contributed by atoms with van der Waals surface area (Å²) in [5, 5.41) is 17.6. The minimum atomic E-state index is 0.157. The first-order valence-corrected chi connectivity index (χ1v) is 5.17. The van der Waals surface area contributed by atoms with Gasteiger partial charge < -0.3 is 5.11 Å². The molecule has 0 spiro atoms. The van der Waals surface area contributed by atoms with Gasteiger partial charge in [0.1, 0.15) is 13.6 Å². The number of hydrogen-bond donors (Lipinski definition) is 1. The van der Waals surface area contributed by atoms with Crippen LogP contribution in [-0.4, -0.2) is 23.2 Å². The number of phenols is 1. The van der Waals surface area contributed by atoms with E-state index in [9.17, 15) is 5.11 Å². The Labute approximate surface area is 101 Å². The summed E-state index contributed by atoms with van der Waals surface area (Å²) >= 11 is 0. The molecule has 0 unspecified atom stereocenters. The van der Waals surface area contributed by atoms with E-state index < -0.39 is 0 Å². The Morgan fingerprint density at radius 3 is 2.65 bits per heavy atom. The van der Waals surface area contributed by atoms with Crippen molar-refractivity contribution < 1.29 is 5.11 Å². The van der Waals surface area contributed by atoms with Crippen molar-refractivity contribution in [3.05, 3.63) is 42.0 Å². The molecular weight excluding hydrogens is 211 g/mol. The van der Waals surface area contributed by atoms with Crippen LogP contribution in [0.1, 0.15) is 11.1 Å². The average Bonchev–Trinajstić information content (AvgIpc) is 2.33. The third-order valence-corrected chi connectivity index (χ3v) is 2.57. The summed E-state index contributed by atoms with van der Waals surface area (Å²) in [7, 11) is 5.47. The van der Waals surface area contributed by atoms with Crippen molar-refractivity contribution in [2.24, 2.45) is 0 Å². The molecule has 4 heteroatoms. The van der Waals surface area contributed by atoms with Gasteiger partial charge in [-0.15, -0.1) is 0 Å². The standard InChI is InChI=1S/C13H11BN2O/c1-3-9-7-12(17)10(6-8(9)2)11-4-5-13(14)16-15-11/h3-7,17H,1H2,2H3. The normalized spacial score (nSPS) is 10.2. The molecule has 1 aromatic carbocycles. The second kappa shape index (κ2) is 4.41. The van der Waals surface area contributed by atoms with Crippen molar-refractivity contribution in [2.75, 3.05) is 0 Å². The zero-order valence-electron chi connectivity index (χ0n) is 9.51. The Balaban J connectivity index is 2.56. The van der Waals surface area contributed by atoms with Crippen LogP contribution >= 0.6 is 0 Å². The number of rotatable bonds is 2. The number of aromatic hydroxyl groups is 1. The van der Waals surface area contributed by atoms with Gasteiger partial charge in [0.25, 0.3) is 0 Å². The van der Waals surface area contributed by atoms with Gasteiger partial charge in [-0.1, -0.05) is 12.7 Å². The van der Waals surface area contributed by atoms with Crippen molar-refractivity contribution in [2.45, 2.75) is 6.92 Å². The van der Waals surface area contributed by atoms with Gasteiger partial charge in [0.05, 0.1) is 5.69 Å². The number of hydrogen-bond acceptors (Lipinski definition) is 3. The monoisotopic (exact) mass is 222 g/mol. The van der Waals surface area contributed by atoms with E-state index in [-0.39, 0.29) is 5.75 Å². The van der Waals surface area contributed by atoms with Crippen LogP contribution in [0.25, 0.3) is 17.3 Å². The van der Waals surface area contributed by atoms with E-state index in [1.54, 1.807) is 24.3 Å². The van der Waals surface area contributed by atoms with Gasteiger partial charge in [-0.3, -0.25) is 0 Å². The molecule has 0 aliphatic rings. The van der Waals surface area contributed by atoms with E-state index in [4.69, 9.17) is 7.85 Å². The van der Waals surface area contributed by atoms with E-state index in [0.717, 1.165) is 11.1 Å². The largest absolute Gasteiger partial charge is 0.507 e. The maximum absolute atomic E-state index is 9.92. The van der Waals surface area contributed by atoms with Gasteiger partial charge in [0, 0.05) is 11.2 Å². The first-order chi connectivity index (χ1) is 8.11. The van der Waals surface area contributed by atoms with Gasteiger partial charge in [0.15, 0.2) is 0 Å². The lowest BCUT2D eigenvalue weighted by Crippen LogP contribution is -2.09. The van der Waals surface area contributed by atoms with Crippen LogP contribution in [0, 0.1) is 6.92 Å². The molecule has 1 aromatic heterocycles. The first kappa shape index (κ1) is 11.4. The fourth-order valence-electron chi connectivity index (χ4n) is 1.62. The fourth-order valence-corrected chi connectivity index (χ4v) is 1.62. The zero-order valence-corrected chi connectivity index (χ0v) is 9.51. The summed E-state index contributed by atoms with van der Waals surface area (Å²) in [6, 6.07) is 6.89. The molecule has 0 aliphatic carbocycles. The van der Waals surface area contributed by atoms with Crippen molar-refractivity contribution in [3.63, 3.8) is 0 Å². The minimum Gasteiger partial charge on any atom is -0.507 e. The summed E-state index contributed by atoms with van der Waals surface area (Å²) in [6.45, 7) is 5.64. The number of aromatic nitrogens is 2. The smallest absolute Gasteiger partial charge is 0.144 e. The number of nitrogens with zero attached hydrogens (tertiary/aromatic N) is 2. The second-order valence-electron chi connectivity index (χ2n) is 3.77. The van der Waals surface area contributed by atoms with Crippen molar-refractivity contribution in [1.29, 1.82) is 0 Å². The Morgan fingerprint density at radius 1 is 1.29 bits per heavy atom. The molecule has 1 N–H and O–H groups in total. The van der Waals surface area contributed by atoms with E-state index in [0.29, 0.717) is 16.9 Å². The first-order valence-electron chi connectivity index (χ1n) is 5.17. The van der Waals surface area contributed by atoms with Crippen LogP contribution in [0.15, 0.2) is 30.8 Å². The lowest BCUT2D eigenvalue weighted by molar-refractivity contribution is 0.477. The number of aryl methyl sites for hydroxylation is 1. The second-order valence-corrected chi connectivity index (χ2v) is 3.77. The molecule has 2 radical (unpaired) electrons. The van der Waals surface area contributed by atoms with Gasteiger partial charge in [-0.25, -0.2) is 0 Å². The van der Waals surface area contributed by atoms with Crippen LogP contribution in [0.4, 0.5) is 0 Å². The molecule has 0 saturated heterocycles. The summed E-state index contributed by atoms with van der Waals surface area (Å²) in [5.41, 5.74) is 3.50. The molecule has 17 heavy (non-hydrogen) atoms. The zero-order chi connectivity index (χ0) is 12.4. The molecule has 2 rings (SSSR count). The summed E-state index contributed by atoms with van der Waals surface area (Å²) < 4.78 is 0. The molecule has 1 heterocycles. The third kappa shape index (κ3) is 2.20. The van der Waals surface area contributed by atoms with Gasteiger partial charge >= 0.3 is 0 Å². The van der Waals surface area contributed by atoms with E-state index in [1.807, 2.05) is 13.0 Å². The molecule has 0 aliphatic heterocycles. The summed E-state index contributed by atoms with van der Waals surface area (Å²) in [5.74, 6) is 0.157. The highest BCUT2D eigenvalue weighted by molar-refractivity contribution is 6.30. The van der Waals surface area contributed by atoms with Crippen molar-refractivity contribution in [3.8, 4) is 17.0 Å². The molecule has 2 aromatic rings. The highest BCUT2D eigenvalue weighted by atomic mass is 16.3. The van der Waals surface area contributed by atoms with Crippen LogP contribution < -0.4 is 5.59 Å². The number of phenolic OH excluding ortho intramolecular Hbond substituents is 1. The van der Waals surface area contributed by atoms with Crippen LogP contribution in [0.3, 0.4) is 0 Å². The minimum absolute atomic E-state index is 0.157. The summed E-state index contributed by atoms with van der Waals surface area (Å²) in [6.07, 6.45) is 1.70. The maximum Gasteiger partial charge on any atom is 0.144 e. The van der Waals surface area contributed by atoms with E-state index in [1.165, 1.54) is 0 Å². The SMILES string of the molecule is [B]c1ccc(-c2cc(C)c(C=C)cc2O)nn1. The Bertz CT molecular complexity index is 564. The molecule has 82 valence electrons.